The van der Waals surface area contributed by atoms with Crippen LogP contribution in [-0.4, -0.2) is 86.5 Å². The quantitative estimate of drug-likeness (QED) is 0.649. The van der Waals surface area contributed by atoms with E-state index in [1.54, 1.807) is 4.90 Å². The van der Waals surface area contributed by atoms with Gasteiger partial charge in [0.2, 0.25) is 5.91 Å². The van der Waals surface area contributed by atoms with E-state index >= 15 is 0 Å². The fraction of sp³-hybridized carbons (Fsp3) is 0.571. The Hall–Kier alpha value is -2.68. The maximum Gasteiger partial charge on any atom is 0.275 e. The van der Waals surface area contributed by atoms with Gasteiger partial charge in [0.25, 0.3) is 11.8 Å². The molecule has 0 saturated carbocycles. The molecular formula is C21H32FN4O4+. The van der Waals surface area contributed by atoms with Gasteiger partial charge in [-0.1, -0.05) is 0 Å². The number of ether oxygens (including phenoxy) is 1. The van der Waals surface area contributed by atoms with E-state index in [1.165, 1.54) is 31.2 Å². The molecule has 0 spiro atoms. The Morgan fingerprint density at radius 1 is 1.23 bits per heavy atom. The molecule has 0 aliphatic carbocycles. The van der Waals surface area contributed by atoms with Crippen molar-refractivity contribution in [2.45, 2.75) is 26.3 Å². The molecule has 0 aromatic heterocycles. The van der Waals surface area contributed by atoms with Crippen LogP contribution >= 0.6 is 0 Å². The van der Waals surface area contributed by atoms with Crippen LogP contribution in [-0.2, 0) is 9.59 Å². The maximum atomic E-state index is 13.8. The van der Waals surface area contributed by atoms with E-state index in [0.717, 1.165) is 11.0 Å². The second kappa shape index (κ2) is 9.88. The molecule has 30 heavy (non-hydrogen) atoms. The molecule has 0 unspecified atom stereocenters. The normalized spacial score (nSPS) is 14.9. The number of hydrogen-bond donors (Lipinski definition) is 2. The van der Waals surface area contributed by atoms with Crippen molar-refractivity contribution in [3.05, 3.63) is 29.6 Å². The predicted molar refractivity (Wildman–Crippen MR) is 110 cm³/mol. The van der Waals surface area contributed by atoms with Crippen molar-refractivity contribution in [1.29, 1.82) is 0 Å². The number of carbonyl (C=O) groups is 3. The van der Waals surface area contributed by atoms with Gasteiger partial charge in [-0.05, 0) is 39.0 Å². The van der Waals surface area contributed by atoms with Crippen LogP contribution in [0.25, 0.3) is 0 Å². The van der Waals surface area contributed by atoms with Crippen LogP contribution in [0.2, 0.25) is 0 Å². The standard InChI is InChI=1S/C21H31FN4O4/c1-21(2,3)23-18(27)13-25-8-10-26(11-9-25)19(28)14-24(4)20(29)15-6-7-17(30-5)16(22)12-15/h6-7,12H,8-11,13-14H2,1-5H3,(H,23,27)/p+1. The highest BCUT2D eigenvalue weighted by molar-refractivity contribution is 5.96. The molecule has 1 aliphatic rings. The lowest BCUT2D eigenvalue weighted by molar-refractivity contribution is -0.896. The van der Waals surface area contributed by atoms with Crippen LogP contribution in [0.15, 0.2) is 18.2 Å². The number of nitrogens with zero attached hydrogens (tertiary/aromatic N) is 2. The van der Waals surface area contributed by atoms with Gasteiger partial charge in [-0.25, -0.2) is 4.39 Å². The van der Waals surface area contributed by atoms with Gasteiger partial charge in [-0.15, -0.1) is 0 Å². The van der Waals surface area contributed by atoms with Crippen LogP contribution in [0, 0.1) is 5.82 Å². The summed E-state index contributed by atoms with van der Waals surface area (Å²) in [5.74, 6) is -1.18. The van der Waals surface area contributed by atoms with E-state index in [1.807, 2.05) is 20.8 Å². The first-order valence-electron chi connectivity index (χ1n) is 10.0. The maximum absolute atomic E-state index is 13.8. The van der Waals surface area contributed by atoms with Crippen LogP contribution in [0.1, 0.15) is 31.1 Å². The summed E-state index contributed by atoms with van der Waals surface area (Å²) < 4.78 is 18.7. The molecule has 0 radical (unpaired) electrons. The highest BCUT2D eigenvalue weighted by atomic mass is 19.1. The second-order valence-corrected chi connectivity index (χ2v) is 8.62. The van der Waals surface area contributed by atoms with Crippen molar-refractivity contribution >= 4 is 17.7 Å². The number of hydrogen-bond acceptors (Lipinski definition) is 4. The number of quaternary nitrogens is 1. The molecule has 8 nitrogen and oxygen atoms in total. The van der Waals surface area contributed by atoms with Crippen molar-refractivity contribution in [3.63, 3.8) is 0 Å². The monoisotopic (exact) mass is 423 g/mol. The summed E-state index contributed by atoms with van der Waals surface area (Å²) in [7, 11) is 2.86. The number of piperazine rings is 1. The summed E-state index contributed by atoms with van der Waals surface area (Å²) in [6, 6.07) is 3.96. The average Bonchev–Trinajstić information content (AvgIpc) is 2.66. The Bertz CT molecular complexity index is 786. The molecule has 2 rings (SSSR count). The Kier molecular flexibility index (Phi) is 7.77. The van der Waals surface area contributed by atoms with Gasteiger partial charge in [0.1, 0.15) is 0 Å². The smallest absolute Gasteiger partial charge is 0.275 e. The zero-order valence-corrected chi connectivity index (χ0v) is 18.4. The minimum Gasteiger partial charge on any atom is -0.494 e. The largest absolute Gasteiger partial charge is 0.494 e. The molecular weight excluding hydrogens is 391 g/mol. The van der Waals surface area contributed by atoms with Crippen molar-refractivity contribution in [3.8, 4) is 5.75 Å². The Balaban J connectivity index is 1.83. The minimum atomic E-state index is -0.627. The second-order valence-electron chi connectivity index (χ2n) is 8.62. The summed E-state index contributed by atoms with van der Waals surface area (Å²) in [5.41, 5.74) is -0.110. The highest BCUT2D eigenvalue weighted by Gasteiger charge is 2.27. The fourth-order valence-electron chi connectivity index (χ4n) is 3.33. The number of methoxy groups -OCH3 is 1. The molecule has 1 aromatic carbocycles. The summed E-state index contributed by atoms with van der Waals surface area (Å²) in [6.45, 7) is 8.49. The van der Waals surface area contributed by atoms with E-state index < -0.39 is 11.7 Å². The number of carbonyl (C=O) groups excluding carboxylic acids is 3. The third-order valence-electron chi connectivity index (χ3n) is 4.87. The van der Waals surface area contributed by atoms with E-state index in [4.69, 9.17) is 4.74 Å². The van der Waals surface area contributed by atoms with E-state index in [2.05, 4.69) is 5.32 Å². The molecule has 1 aromatic rings. The molecule has 1 aliphatic heterocycles. The third kappa shape index (κ3) is 6.69. The molecule has 0 bridgehead atoms. The van der Waals surface area contributed by atoms with E-state index in [9.17, 15) is 18.8 Å². The van der Waals surface area contributed by atoms with Gasteiger partial charge in [0.05, 0.1) is 39.8 Å². The predicted octanol–water partition coefficient (Wildman–Crippen LogP) is -0.452. The lowest BCUT2D eigenvalue weighted by Gasteiger charge is -2.33. The molecule has 3 amide bonds. The number of halogens is 1. The topological polar surface area (TPSA) is 83.4 Å². The van der Waals surface area contributed by atoms with Gasteiger partial charge in [-0.2, -0.15) is 0 Å². The van der Waals surface area contributed by atoms with Crippen molar-refractivity contribution in [1.82, 2.24) is 15.1 Å². The number of benzene rings is 1. The van der Waals surface area contributed by atoms with Gasteiger partial charge in [0.15, 0.2) is 18.1 Å². The van der Waals surface area contributed by atoms with Crippen LogP contribution in [0.5, 0.6) is 5.75 Å². The number of likely N-dealkylation sites (N-methyl/N-ethyl adjacent to an activating group) is 1. The van der Waals surface area contributed by atoms with Crippen LogP contribution in [0.4, 0.5) is 4.39 Å². The lowest BCUT2D eigenvalue weighted by atomic mass is 10.1. The van der Waals surface area contributed by atoms with Crippen molar-refractivity contribution in [2.75, 3.05) is 53.4 Å². The third-order valence-corrected chi connectivity index (χ3v) is 4.87. The van der Waals surface area contributed by atoms with Crippen LogP contribution < -0.4 is 15.0 Å². The first kappa shape index (κ1) is 23.6. The van der Waals surface area contributed by atoms with Crippen molar-refractivity contribution < 1.29 is 28.4 Å². The number of rotatable bonds is 6. The lowest BCUT2D eigenvalue weighted by Crippen LogP contribution is -3.16. The zero-order chi connectivity index (χ0) is 22.5. The highest BCUT2D eigenvalue weighted by Crippen LogP contribution is 2.18. The molecule has 0 atom stereocenters. The average molecular weight is 424 g/mol. The fourth-order valence-corrected chi connectivity index (χ4v) is 3.33. The van der Waals surface area contributed by atoms with Gasteiger partial charge >= 0.3 is 0 Å². The molecule has 1 heterocycles. The first-order valence-corrected chi connectivity index (χ1v) is 10.0. The van der Waals surface area contributed by atoms with Gasteiger partial charge in [0, 0.05) is 18.2 Å². The van der Waals surface area contributed by atoms with Crippen LogP contribution in [0.3, 0.4) is 0 Å². The summed E-state index contributed by atoms with van der Waals surface area (Å²) >= 11 is 0. The summed E-state index contributed by atoms with van der Waals surface area (Å²) in [5, 5.41) is 2.95. The molecule has 166 valence electrons. The van der Waals surface area contributed by atoms with E-state index in [0.29, 0.717) is 32.7 Å². The Labute approximate surface area is 176 Å². The molecule has 2 N–H and O–H groups in total. The summed E-state index contributed by atoms with van der Waals surface area (Å²) in [4.78, 5) is 41.2. The Morgan fingerprint density at radius 2 is 1.87 bits per heavy atom. The Morgan fingerprint density at radius 3 is 2.40 bits per heavy atom. The minimum absolute atomic E-state index is 0.00525. The van der Waals surface area contributed by atoms with Crippen molar-refractivity contribution in [2.24, 2.45) is 0 Å². The molecule has 1 fully saturated rings. The van der Waals surface area contributed by atoms with Gasteiger partial charge in [-0.3, -0.25) is 14.4 Å². The summed E-state index contributed by atoms with van der Waals surface area (Å²) in [6.07, 6.45) is 0. The molecule has 1 saturated heterocycles. The zero-order valence-electron chi connectivity index (χ0n) is 18.4. The first-order chi connectivity index (χ1) is 14.0. The van der Waals surface area contributed by atoms with E-state index in [-0.39, 0.29) is 35.2 Å². The van der Waals surface area contributed by atoms with Gasteiger partial charge < -0.3 is 24.8 Å². The number of amides is 3. The number of nitrogens with one attached hydrogen (secondary N) is 2. The molecule has 9 heteroatoms. The SMILES string of the molecule is COc1ccc(C(=O)N(C)CC(=O)N2CC[NH+](CC(=O)NC(C)(C)C)CC2)cc1F.